The third kappa shape index (κ3) is 5.23. The Morgan fingerprint density at radius 2 is 1.89 bits per heavy atom. The maximum atomic E-state index is 11.6. The van der Waals surface area contributed by atoms with Crippen LogP contribution in [0.1, 0.15) is 18.5 Å². The van der Waals surface area contributed by atoms with Crippen molar-refractivity contribution < 1.29 is 9.59 Å². The van der Waals surface area contributed by atoms with E-state index >= 15 is 0 Å². The summed E-state index contributed by atoms with van der Waals surface area (Å²) in [6.45, 7) is 1.76. The second-order valence-corrected chi connectivity index (χ2v) is 4.86. The van der Waals surface area contributed by atoms with Crippen molar-refractivity contribution in [2.45, 2.75) is 13.0 Å². The van der Waals surface area contributed by atoms with E-state index in [1.165, 1.54) is 0 Å². The summed E-state index contributed by atoms with van der Waals surface area (Å²) in [6, 6.07) is 6.68. The van der Waals surface area contributed by atoms with E-state index in [1.54, 1.807) is 31.2 Å². The average molecular weight is 300 g/mol. The smallest absolute Gasteiger partial charge is 0.309 e. The second kappa shape index (κ2) is 7.06. The molecule has 0 aliphatic carbocycles. The zero-order valence-corrected chi connectivity index (χ0v) is 11.8. The third-order valence-electron chi connectivity index (χ3n) is 2.35. The van der Waals surface area contributed by atoms with Gasteiger partial charge in [-0.2, -0.15) is 0 Å². The number of amides is 2. The summed E-state index contributed by atoms with van der Waals surface area (Å²) in [7, 11) is 0. The number of hydrogen-bond acceptors (Lipinski definition) is 3. The standard InChI is InChI=1S/C12H14ClN3O2S/c1-7(8-2-4-9(13)5-3-8)16-12(18)11(17)15-6-10(14)19/h2-5,7H,6H2,1H3,(H2,14,19)(H,15,17)(H,16,18). The highest BCUT2D eigenvalue weighted by atomic mass is 35.5. The molecular weight excluding hydrogens is 286 g/mol. The molecule has 4 N–H and O–H groups in total. The molecule has 1 rings (SSSR count). The molecule has 1 atom stereocenters. The second-order valence-electron chi connectivity index (χ2n) is 3.90. The number of halogens is 1. The Morgan fingerprint density at radius 1 is 1.32 bits per heavy atom. The SMILES string of the molecule is CC(NC(=O)C(=O)NCC(N)=S)c1ccc(Cl)cc1. The highest BCUT2D eigenvalue weighted by molar-refractivity contribution is 7.80. The summed E-state index contributed by atoms with van der Waals surface area (Å²) < 4.78 is 0. The summed E-state index contributed by atoms with van der Waals surface area (Å²) in [5, 5.41) is 5.48. The molecule has 0 spiro atoms. The number of carbonyl (C=O) groups is 2. The van der Waals surface area contributed by atoms with Crippen molar-refractivity contribution in [2.75, 3.05) is 6.54 Å². The van der Waals surface area contributed by atoms with E-state index in [-0.39, 0.29) is 17.6 Å². The lowest BCUT2D eigenvalue weighted by molar-refractivity contribution is -0.139. The Balaban J connectivity index is 2.54. The van der Waals surface area contributed by atoms with Gasteiger partial charge in [-0.1, -0.05) is 36.0 Å². The molecule has 0 aromatic heterocycles. The van der Waals surface area contributed by atoms with Gasteiger partial charge in [-0.3, -0.25) is 9.59 Å². The Labute approximate surface area is 121 Å². The normalized spacial score (nSPS) is 11.5. The van der Waals surface area contributed by atoms with Crippen LogP contribution in [-0.2, 0) is 9.59 Å². The predicted molar refractivity (Wildman–Crippen MR) is 77.8 cm³/mol. The fourth-order valence-electron chi connectivity index (χ4n) is 1.34. The Kier molecular flexibility index (Phi) is 5.72. The summed E-state index contributed by atoms with van der Waals surface area (Å²) in [6.07, 6.45) is 0. The molecule has 1 aromatic rings. The van der Waals surface area contributed by atoms with E-state index in [1.807, 2.05) is 0 Å². The zero-order chi connectivity index (χ0) is 14.4. The number of hydrogen-bond donors (Lipinski definition) is 3. The topological polar surface area (TPSA) is 84.2 Å². The minimum atomic E-state index is -0.770. The van der Waals surface area contributed by atoms with Gasteiger partial charge in [-0.15, -0.1) is 0 Å². The summed E-state index contributed by atoms with van der Waals surface area (Å²) >= 11 is 10.4. The maximum Gasteiger partial charge on any atom is 0.309 e. The van der Waals surface area contributed by atoms with Gasteiger partial charge in [-0.05, 0) is 24.6 Å². The van der Waals surface area contributed by atoms with E-state index in [4.69, 9.17) is 17.3 Å². The van der Waals surface area contributed by atoms with Crippen molar-refractivity contribution >= 4 is 40.6 Å². The van der Waals surface area contributed by atoms with Crippen molar-refractivity contribution in [3.8, 4) is 0 Å². The Morgan fingerprint density at radius 3 is 2.42 bits per heavy atom. The average Bonchev–Trinajstić information content (AvgIpc) is 2.36. The lowest BCUT2D eigenvalue weighted by Gasteiger charge is -2.14. The molecule has 5 nitrogen and oxygen atoms in total. The van der Waals surface area contributed by atoms with Crippen molar-refractivity contribution in [3.63, 3.8) is 0 Å². The summed E-state index contributed by atoms with van der Waals surface area (Å²) in [5.74, 6) is -1.51. The molecule has 0 aliphatic heterocycles. The number of rotatable bonds is 4. The minimum Gasteiger partial charge on any atom is -0.392 e. The van der Waals surface area contributed by atoms with Gasteiger partial charge in [0, 0.05) is 5.02 Å². The molecule has 0 radical (unpaired) electrons. The molecule has 1 unspecified atom stereocenters. The highest BCUT2D eigenvalue weighted by Crippen LogP contribution is 2.15. The van der Waals surface area contributed by atoms with Crippen LogP contribution in [0.2, 0.25) is 5.02 Å². The van der Waals surface area contributed by atoms with Gasteiger partial charge in [-0.25, -0.2) is 0 Å². The van der Waals surface area contributed by atoms with E-state index in [2.05, 4.69) is 22.9 Å². The minimum absolute atomic E-state index is 0.00306. The number of nitrogens with one attached hydrogen (secondary N) is 2. The first-order valence-electron chi connectivity index (χ1n) is 5.52. The van der Waals surface area contributed by atoms with E-state index in [9.17, 15) is 9.59 Å². The van der Waals surface area contributed by atoms with Crippen LogP contribution in [-0.4, -0.2) is 23.3 Å². The van der Waals surface area contributed by atoms with Gasteiger partial charge in [0.25, 0.3) is 0 Å². The van der Waals surface area contributed by atoms with E-state index in [0.717, 1.165) is 5.56 Å². The van der Waals surface area contributed by atoms with Gasteiger partial charge in [0.1, 0.15) is 0 Å². The van der Waals surface area contributed by atoms with Crippen molar-refractivity contribution in [1.29, 1.82) is 0 Å². The van der Waals surface area contributed by atoms with Crippen LogP contribution in [0.15, 0.2) is 24.3 Å². The largest absolute Gasteiger partial charge is 0.392 e. The molecule has 0 bridgehead atoms. The van der Waals surface area contributed by atoms with Crippen LogP contribution in [0.5, 0.6) is 0 Å². The van der Waals surface area contributed by atoms with Crippen LogP contribution >= 0.6 is 23.8 Å². The van der Waals surface area contributed by atoms with Crippen LogP contribution in [0.4, 0.5) is 0 Å². The molecule has 0 aliphatic rings. The van der Waals surface area contributed by atoms with Gasteiger partial charge in [0.05, 0.1) is 17.6 Å². The van der Waals surface area contributed by atoms with Crippen LogP contribution in [0.3, 0.4) is 0 Å². The number of benzene rings is 1. The molecule has 0 saturated carbocycles. The lowest BCUT2D eigenvalue weighted by atomic mass is 10.1. The molecule has 0 fully saturated rings. The highest BCUT2D eigenvalue weighted by Gasteiger charge is 2.16. The van der Waals surface area contributed by atoms with E-state index in [0.29, 0.717) is 5.02 Å². The first kappa shape index (κ1) is 15.4. The van der Waals surface area contributed by atoms with Crippen LogP contribution in [0, 0.1) is 0 Å². The lowest BCUT2D eigenvalue weighted by Crippen LogP contribution is -2.43. The summed E-state index contributed by atoms with van der Waals surface area (Å²) in [5.41, 5.74) is 6.07. The number of carbonyl (C=O) groups excluding carboxylic acids is 2. The van der Waals surface area contributed by atoms with Crippen LogP contribution < -0.4 is 16.4 Å². The molecule has 2 amide bonds. The predicted octanol–water partition coefficient (Wildman–Crippen LogP) is 0.920. The van der Waals surface area contributed by atoms with Crippen molar-refractivity contribution in [1.82, 2.24) is 10.6 Å². The van der Waals surface area contributed by atoms with Crippen molar-refractivity contribution in [2.24, 2.45) is 5.73 Å². The Hall–Kier alpha value is -1.66. The molecule has 0 saturated heterocycles. The molecule has 0 heterocycles. The van der Waals surface area contributed by atoms with Gasteiger partial charge in [0.15, 0.2) is 0 Å². The molecular formula is C12H14ClN3O2S. The van der Waals surface area contributed by atoms with Crippen molar-refractivity contribution in [3.05, 3.63) is 34.9 Å². The molecule has 102 valence electrons. The quantitative estimate of drug-likeness (QED) is 0.570. The first-order valence-corrected chi connectivity index (χ1v) is 6.31. The Bertz CT molecular complexity index is 490. The summed E-state index contributed by atoms with van der Waals surface area (Å²) in [4.78, 5) is 23.1. The molecule has 7 heteroatoms. The van der Waals surface area contributed by atoms with Gasteiger partial charge < -0.3 is 16.4 Å². The third-order valence-corrected chi connectivity index (χ3v) is 2.74. The fraction of sp³-hybridized carbons (Fsp3) is 0.250. The van der Waals surface area contributed by atoms with Gasteiger partial charge >= 0.3 is 11.8 Å². The number of nitrogens with two attached hydrogens (primary N) is 1. The molecule has 1 aromatic carbocycles. The zero-order valence-electron chi connectivity index (χ0n) is 10.3. The van der Waals surface area contributed by atoms with E-state index < -0.39 is 11.8 Å². The van der Waals surface area contributed by atoms with Crippen LogP contribution in [0.25, 0.3) is 0 Å². The molecule has 19 heavy (non-hydrogen) atoms. The number of thiocarbonyl (C=S) groups is 1. The maximum absolute atomic E-state index is 11.6. The monoisotopic (exact) mass is 299 g/mol. The van der Waals surface area contributed by atoms with Gasteiger partial charge in [0.2, 0.25) is 0 Å². The first-order chi connectivity index (χ1) is 8.90. The fourth-order valence-corrected chi connectivity index (χ4v) is 1.54.